The maximum absolute atomic E-state index is 12.7. The Bertz CT molecular complexity index is 663. The summed E-state index contributed by atoms with van der Waals surface area (Å²) in [4.78, 5) is 37.2. The van der Waals surface area contributed by atoms with Crippen LogP contribution in [0.1, 0.15) is 42.1 Å². The topological polar surface area (TPSA) is 108 Å². The van der Waals surface area contributed by atoms with Gasteiger partial charge in [0.15, 0.2) is 0 Å². The minimum atomic E-state index is -4.64. The van der Waals surface area contributed by atoms with Gasteiger partial charge in [0.25, 0.3) is 11.0 Å². The number of hydrogen-bond donors (Lipinski definition) is 1. The Morgan fingerprint density at radius 1 is 1.23 bits per heavy atom. The summed E-state index contributed by atoms with van der Waals surface area (Å²) in [6, 6.07) is 2.24. The predicted octanol–water partition coefficient (Wildman–Crippen LogP) is 2.74. The van der Waals surface area contributed by atoms with Gasteiger partial charge >= 0.3 is 12.1 Å². The monoisotopic (exact) mass is 378 g/mol. The molecular formula is C15H17F3N2O6. The zero-order valence-electron chi connectivity index (χ0n) is 13.8. The van der Waals surface area contributed by atoms with Crippen molar-refractivity contribution in [2.24, 2.45) is 0 Å². The van der Waals surface area contributed by atoms with Crippen molar-refractivity contribution in [3.8, 4) is 5.75 Å². The van der Waals surface area contributed by atoms with Gasteiger partial charge in [0, 0.05) is 13.5 Å². The second kappa shape index (κ2) is 9.59. The third kappa shape index (κ3) is 7.36. The molecule has 0 atom stereocenters. The number of carbonyl (C=O) groups excluding carboxylic acids is 2. The van der Waals surface area contributed by atoms with Crippen LogP contribution in [0, 0.1) is 10.1 Å². The molecule has 0 fully saturated rings. The molecule has 26 heavy (non-hydrogen) atoms. The zero-order valence-corrected chi connectivity index (χ0v) is 13.8. The number of carbonyl (C=O) groups is 2. The lowest BCUT2D eigenvalue weighted by Crippen LogP contribution is -2.25. The molecule has 0 saturated heterocycles. The van der Waals surface area contributed by atoms with Crippen molar-refractivity contribution in [1.29, 1.82) is 0 Å². The molecule has 144 valence electrons. The molecule has 11 heteroatoms. The van der Waals surface area contributed by atoms with Crippen LogP contribution in [-0.4, -0.2) is 30.1 Å². The lowest BCUT2D eigenvalue weighted by molar-refractivity contribution is -0.757. The Kier molecular flexibility index (Phi) is 7.81. The molecule has 0 spiro atoms. The Morgan fingerprint density at radius 3 is 2.50 bits per heavy atom. The molecule has 0 heterocycles. The first-order valence-electron chi connectivity index (χ1n) is 7.56. The average Bonchev–Trinajstić information content (AvgIpc) is 2.52. The van der Waals surface area contributed by atoms with Crippen molar-refractivity contribution in [1.82, 2.24) is 5.32 Å². The first-order valence-corrected chi connectivity index (χ1v) is 7.56. The highest BCUT2D eigenvalue weighted by Gasteiger charge is 2.32. The van der Waals surface area contributed by atoms with Crippen LogP contribution in [0.2, 0.25) is 0 Å². The molecule has 1 aromatic rings. The number of rotatable bonds is 9. The maximum Gasteiger partial charge on any atom is 0.416 e. The van der Waals surface area contributed by atoms with E-state index in [2.05, 4.69) is 10.2 Å². The Morgan fingerprint density at radius 2 is 1.92 bits per heavy atom. The molecule has 0 bridgehead atoms. The van der Waals surface area contributed by atoms with Crippen molar-refractivity contribution in [2.45, 2.75) is 32.4 Å². The van der Waals surface area contributed by atoms with E-state index >= 15 is 0 Å². The summed E-state index contributed by atoms with van der Waals surface area (Å²) in [6.07, 6.45) is -3.21. The summed E-state index contributed by atoms with van der Waals surface area (Å²) in [5.74, 6) is -2.04. The first-order chi connectivity index (χ1) is 12.1. The number of halogens is 3. The number of hydrogen-bond acceptors (Lipinski definition) is 6. The van der Waals surface area contributed by atoms with E-state index in [9.17, 15) is 32.9 Å². The third-order valence-electron chi connectivity index (χ3n) is 3.11. The summed E-state index contributed by atoms with van der Waals surface area (Å²) < 4.78 is 42.9. The number of esters is 1. The fourth-order valence-electron chi connectivity index (χ4n) is 1.97. The van der Waals surface area contributed by atoms with E-state index in [1.165, 1.54) is 0 Å². The molecule has 1 rings (SSSR count). The molecule has 0 aliphatic carbocycles. The fraction of sp³-hybridized carbons (Fsp3) is 0.467. The van der Waals surface area contributed by atoms with Crippen LogP contribution in [0.15, 0.2) is 18.2 Å². The fourth-order valence-corrected chi connectivity index (χ4v) is 1.97. The number of amides is 1. The number of unbranched alkanes of at least 4 members (excludes halogenated alkanes) is 2. The molecule has 8 nitrogen and oxygen atoms in total. The molecule has 0 saturated carbocycles. The highest BCUT2D eigenvalue weighted by atomic mass is 19.4. The second-order valence-corrected chi connectivity index (χ2v) is 5.18. The summed E-state index contributed by atoms with van der Waals surface area (Å²) >= 11 is 0. The van der Waals surface area contributed by atoms with E-state index in [0.29, 0.717) is 25.3 Å². The number of alkyl halides is 3. The minimum Gasteiger partial charge on any atom is -0.426 e. The van der Waals surface area contributed by atoms with E-state index in [0.717, 1.165) is 19.1 Å². The van der Waals surface area contributed by atoms with Crippen LogP contribution >= 0.6 is 0 Å². The van der Waals surface area contributed by atoms with Crippen LogP contribution in [-0.2, 0) is 15.8 Å². The molecule has 0 aromatic heterocycles. The molecule has 1 amide bonds. The van der Waals surface area contributed by atoms with E-state index in [1.807, 2.05) is 0 Å². The third-order valence-corrected chi connectivity index (χ3v) is 3.11. The van der Waals surface area contributed by atoms with E-state index < -0.39 is 34.5 Å². The number of nitrogens with one attached hydrogen (secondary N) is 1. The van der Waals surface area contributed by atoms with E-state index in [4.69, 9.17) is 4.74 Å². The lowest BCUT2D eigenvalue weighted by atomic mass is 10.1. The van der Waals surface area contributed by atoms with Gasteiger partial charge < -0.3 is 14.9 Å². The van der Waals surface area contributed by atoms with Crippen LogP contribution < -0.4 is 10.1 Å². The quantitative estimate of drug-likeness (QED) is 0.233. The number of ether oxygens (including phenoxy) is 1. The summed E-state index contributed by atoms with van der Waals surface area (Å²) in [6.45, 7) is 1.14. The number of benzene rings is 1. The Labute approximate surface area is 146 Å². The molecule has 0 aliphatic heterocycles. The van der Waals surface area contributed by atoms with Crippen molar-refractivity contribution in [2.75, 3.05) is 13.2 Å². The van der Waals surface area contributed by atoms with E-state index in [-0.39, 0.29) is 18.7 Å². The van der Waals surface area contributed by atoms with Crippen LogP contribution in [0.4, 0.5) is 13.2 Å². The maximum atomic E-state index is 12.7. The van der Waals surface area contributed by atoms with Gasteiger partial charge in [-0.1, -0.05) is 0 Å². The Hall–Kier alpha value is -2.85. The molecule has 0 unspecified atom stereocenters. The molecule has 1 aromatic carbocycles. The van der Waals surface area contributed by atoms with Crippen LogP contribution in [0.3, 0.4) is 0 Å². The predicted molar refractivity (Wildman–Crippen MR) is 81.9 cm³/mol. The van der Waals surface area contributed by atoms with Crippen molar-refractivity contribution < 1.29 is 37.4 Å². The molecular weight excluding hydrogens is 361 g/mol. The average molecular weight is 378 g/mol. The molecule has 0 radical (unpaired) electrons. The molecule has 1 N–H and O–H groups in total. The summed E-state index contributed by atoms with van der Waals surface area (Å²) in [5.41, 5.74) is -1.25. The summed E-state index contributed by atoms with van der Waals surface area (Å²) in [7, 11) is 0. The van der Waals surface area contributed by atoms with Gasteiger partial charge in [-0.25, -0.2) is 0 Å². The van der Waals surface area contributed by atoms with Gasteiger partial charge in [-0.15, -0.1) is 10.1 Å². The van der Waals surface area contributed by atoms with Gasteiger partial charge in [-0.2, -0.15) is 13.2 Å². The van der Waals surface area contributed by atoms with Gasteiger partial charge in [0.05, 0.1) is 17.7 Å². The lowest BCUT2D eigenvalue weighted by Gasteiger charge is -2.13. The van der Waals surface area contributed by atoms with Crippen molar-refractivity contribution in [3.05, 3.63) is 39.4 Å². The van der Waals surface area contributed by atoms with Crippen LogP contribution in [0.25, 0.3) is 0 Å². The number of nitrogens with zero attached hydrogens (tertiary/aromatic N) is 1. The van der Waals surface area contributed by atoms with Gasteiger partial charge in [-0.3, -0.25) is 9.59 Å². The van der Waals surface area contributed by atoms with Crippen LogP contribution in [0.5, 0.6) is 5.75 Å². The highest BCUT2D eigenvalue weighted by molar-refractivity contribution is 5.97. The van der Waals surface area contributed by atoms with Gasteiger partial charge in [0.2, 0.25) is 0 Å². The van der Waals surface area contributed by atoms with E-state index in [1.54, 1.807) is 0 Å². The largest absolute Gasteiger partial charge is 0.426 e. The zero-order chi connectivity index (χ0) is 19.7. The summed E-state index contributed by atoms with van der Waals surface area (Å²) in [5, 5.41) is 11.5. The Balaban J connectivity index is 2.64. The van der Waals surface area contributed by atoms with Gasteiger partial charge in [-0.05, 0) is 37.5 Å². The van der Waals surface area contributed by atoms with Gasteiger partial charge in [0.1, 0.15) is 5.75 Å². The smallest absolute Gasteiger partial charge is 0.416 e. The normalized spacial score (nSPS) is 10.9. The minimum absolute atomic E-state index is 0.0591. The van der Waals surface area contributed by atoms with Crippen molar-refractivity contribution >= 4 is 11.9 Å². The first kappa shape index (κ1) is 21.2. The second-order valence-electron chi connectivity index (χ2n) is 5.18. The highest BCUT2D eigenvalue weighted by Crippen LogP contribution is 2.33. The molecule has 0 aliphatic rings. The van der Waals surface area contributed by atoms with Crippen molar-refractivity contribution in [3.63, 3.8) is 0 Å². The SMILES string of the molecule is CC(=O)Oc1cc(C(F)(F)F)ccc1C(=O)NCCCCCO[N+](=O)[O-]. The standard InChI is InChI=1S/C15H17F3N2O6/c1-10(21)26-13-9-11(15(16,17)18)5-6-12(13)14(22)19-7-3-2-4-8-25-20(23)24/h5-6,9H,2-4,7-8H2,1H3,(H,19,22).